The molecule has 0 bridgehead atoms. The molecule has 1 aliphatic heterocycles. The molecule has 0 aromatic carbocycles. The van der Waals surface area contributed by atoms with Crippen molar-refractivity contribution >= 4 is 12.6 Å². The van der Waals surface area contributed by atoms with Gasteiger partial charge in [0.2, 0.25) is 0 Å². The van der Waals surface area contributed by atoms with Gasteiger partial charge in [0.15, 0.2) is 5.79 Å². The number of ether oxygens (including phenoxy) is 2. The lowest BCUT2D eigenvalue weighted by atomic mass is 10.2. The maximum atomic E-state index is 5.76. The first-order chi connectivity index (χ1) is 5.70. The zero-order chi connectivity index (χ0) is 9.03. The van der Waals surface area contributed by atoms with Crippen molar-refractivity contribution in [3.63, 3.8) is 0 Å². The Balaban J connectivity index is 2.32. The second kappa shape index (κ2) is 4.49. The van der Waals surface area contributed by atoms with E-state index < -0.39 is 0 Å². The summed E-state index contributed by atoms with van der Waals surface area (Å²) in [4.78, 5) is 0. The molecule has 2 atom stereocenters. The lowest BCUT2D eigenvalue weighted by Crippen LogP contribution is -2.26. The molecule has 0 spiro atoms. The third-order valence-electron chi connectivity index (χ3n) is 2.15. The van der Waals surface area contributed by atoms with E-state index in [1.807, 2.05) is 6.92 Å². The van der Waals surface area contributed by atoms with E-state index in [0.29, 0.717) is 0 Å². The SMILES string of the molecule is CCCC1(C)OCC(CCS)O1. The molecule has 0 amide bonds. The van der Waals surface area contributed by atoms with E-state index in [1.54, 1.807) is 0 Å². The van der Waals surface area contributed by atoms with Crippen molar-refractivity contribution in [1.82, 2.24) is 0 Å². The highest BCUT2D eigenvalue weighted by atomic mass is 32.1. The molecule has 0 aliphatic carbocycles. The molecule has 0 aromatic rings. The van der Waals surface area contributed by atoms with Crippen molar-refractivity contribution in [2.75, 3.05) is 12.4 Å². The molecule has 1 aliphatic rings. The molecule has 1 rings (SSSR count). The number of thiol groups is 1. The Morgan fingerprint density at radius 1 is 1.58 bits per heavy atom. The predicted molar refractivity (Wildman–Crippen MR) is 52.6 cm³/mol. The van der Waals surface area contributed by atoms with Crippen LogP contribution in [0.2, 0.25) is 0 Å². The highest BCUT2D eigenvalue weighted by molar-refractivity contribution is 7.80. The molecule has 12 heavy (non-hydrogen) atoms. The van der Waals surface area contributed by atoms with E-state index in [4.69, 9.17) is 9.47 Å². The summed E-state index contributed by atoms with van der Waals surface area (Å²) >= 11 is 4.17. The van der Waals surface area contributed by atoms with Crippen LogP contribution in [0.4, 0.5) is 0 Å². The van der Waals surface area contributed by atoms with Crippen molar-refractivity contribution in [2.24, 2.45) is 0 Å². The van der Waals surface area contributed by atoms with Gasteiger partial charge in [-0.25, -0.2) is 0 Å². The molecule has 3 heteroatoms. The molecule has 2 unspecified atom stereocenters. The molecular weight excluding hydrogens is 172 g/mol. The maximum absolute atomic E-state index is 5.76. The van der Waals surface area contributed by atoms with Crippen LogP contribution >= 0.6 is 12.6 Å². The van der Waals surface area contributed by atoms with Gasteiger partial charge in [0.05, 0.1) is 12.7 Å². The fourth-order valence-electron chi connectivity index (χ4n) is 1.56. The van der Waals surface area contributed by atoms with E-state index in [0.717, 1.165) is 31.6 Å². The summed E-state index contributed by atoms with van der Waals surface area (Å²) in [6.07, 6.45) is 3.34. The van der Waals surface area contributed by atoms with Crippen LogP contribution in [0.15, 0.2) is 0 Å². The highest BCUT2D eigenvalue weighted by Crippen LogP contribution is 2.29. The second-order valence-corrected chi connectivity index (χ2v) is 3.89. The molecule has 0 N–H and O–H groups in total. The smallest absolute Gasteiger partial charge is 0.166 e. The Morgan fingerprint density at radius 2 is 2.33 bits per heavy atom. The van der Waals surface area contributed by atoms with Gasteiger partial charge >= 0.3 is 0 Å². The molecule has 1 heterocycles. The number of hydrogen-bond donors (Lipinski definition) is 1. The maximum Gasteiger partial charge on any atom is 0.166 e. The van der Waals surface area contributed by atoms with E-state index >= 15 is 0 Å². The van der Waals surface area contributed by atoms with Gasteiger partial charge in [0.25, 0.3) is 0 Å². The van der Waals surface area contributed by atoms with Gasteiger partial charge in [-0.2, -0.15) is 12.6 Å². The highest BCUT2D eigenvalue weighted by Gasteiger charge is 2.35. The van der Waals surface area contributed by atoms with Crippen LogP contribution in [-0.2, 0) is 9.47 Å². The molecule has 0 aromatic heterocycles. The Morgan fingerprint density at radius 3 is 2.92 bits per heavy atom. The van der Waals surface area contributed by atoms with E-state index in [9.17, 15) is 0 Å². The largest absolute Gasteiger partial charge is 0.348 e. The Bertz CT molecular complexity index is 140. The fourth-order valence-corrected chi connectivity index (χ4v) is 1.85. The van der Waals surface area contributed by atoms with Crippen molar-refractivity contribution in [1.29, 1.82) is 0 Å². The third-order valence-corrected chi connectivity index (χ3v) is 2.40. The second-order valence-electron chi connectivity index (χ2n) is 3.45. The van der Waals surface area contributed by atoms with Crippen LogP contribution in [0.1, 0.15) is 33.1 Å². The standard InChI is InChI=1S/C9H18O2S/c1-3-5-9(2)10-7-8(11-9)4-6-12/h8,12H,3-7H2,1-2H3. The molecule has 0 radical (unpaired) electrons. The average molecular weight is 190 g/mol. The topological polar surface area (TPSA) is 18.5 Å². The van der Waals surface area contributed by atoms with Gasteiger partial charge in [-0.1, -0.05) is 13.3 Å². The van der Waals surface area contributed by atoms with Crippen LogP contribution in [0.5, 0.6) is 0 Å². The van der Waals surface area contributed by atoms with E-state index in [1.165, 1.54) is 0 Å². The lowest BCUT2D eigenvalue weighted by Gasteiger charge is -2.22. The zero-order valence-electron chi connectivity index (χ0n) is 7.88. The van der Waals surface area contributed by atoms with Gasteiger partial charge in [0.1, 0.15) is 0 Å². The summed E-state index contributed by atoms with van der Waals surface area (Å²) in [5, 5.41) is 0. The summed E-state index contributed by atoms with van der Waals surface area (Å²) < 4.78 is 11.3. The van der Waals surface area contributed by atoms with Crippen LogP contribution in [0, 0.1) is 0 Å². The molecule has 2 nitrogen and oxygen atoms in total. The van der Waals surface area contributed by atoms with Crippen LogP contribution in [-0.4, -0.2) is 24.3 Å². The van der Waals surface area contributed by atoms with Crippen LogP contribution in [0.25, 0.3) is 0 Å². The predicted octanol–water partition coefficient (Wildman–Crippen LogP) is 2.24. The molecule has 1 fully saturated rings. The van der Waals surface area contributed by atoms with Gasteiger partial charge < -0.3 is 9.47 Å². The minimum Gasteiger partial charge on any atom is -0.348 e. The zero-order valence-corrected chi connectivity index (χ0v) is 8.77. The molecular formula is C9H18O2S. The van der Waals surface area contributed by atoms with Gasteiger partial charge in [0, 0.05) is 6.42 Å². The fraction of sp³-hybridized carbons (Fsp3) is 1.00. The number of rotatable bonds is 4. The first kappa shape index (κ1) is 10.4. The Kier molecular flexibility index (Phi) is 3.87. The molecule has 1 saturated heterocycles. The molecule has 0 saturated carbocycles. The summed E-state index contributed by atoms with van der Waals surface area (Å²) in [7, 11) is 0. The van der Waals surface area contributed by atoms with Crippen molar-refractivity contribution in [3.05, 3.63) is 0 Å². The van der Waals surface area contributed by atoms with Crippen molar-refractivity contribution in [2.45, 2.75) is 45.0 Å². The van der Waals surface area contributed by atoms with Crippen molar-refractivity contribution < 1.29 is 9.47 Å². The summed E-state index contributed by atoms with van der Waals surface area (Å²) in [6.45, 7) is 4.90. The third kappa shape index (κ3) is 2.64. The first-order valence-corrected chi connectivity index (χ1v) is 5.26. The Hall–Kier alpha value is 0.270. The van der Waals surface area contributed by atoms with Gasteiger partial charge in [-0.3, -0.25) is 0 Å². The normalized spacial score (nSPS) is 35.8. The summed E-state index contributed by atoms with van der Waals surface area (Å²) in [5.74, 6) is 0.554. The monoisotopic (exact) mass is 190 g/mol. The number of hydrogen-bond acceptors (Lipinski definition) is 3. The quantitative estimate of drug-likeness (QED) is 0.685. The van der Waals surface area contributed by atoms with Gasteiger partial charge in [-0.15, -0.1) is 0 Å². The Labute approximate surface area is 80.0 Å². The minimum absolute atomic E-state index is 0.263. The van der Waals surface area contributed by atoms with E-state index in [-0.39, 0.29) is 11.9 Å². The van der Waals surface area contributed by atoms with Crippen LogP contribution in [0.3, 0.4) is 0 Å². The average Bonchev–Trinajstić information content (AvgIpc) is 2.34. The summed E-state index contributed by atoms with van der Waals surface area (Å²) in [5.41, 5.74) is 0. The minimum atomic E-state index is -0.317. The summed E-state index contributed by atoms with van der Waals surface area (Å²) in [6, 6.07) is 0. The first-order valence-electron chi connectivity index (χ1n) is 4.63. The van der Waals surface area contributed by atoms with Gasteiger partial charge in [-0.05, 0) is 19.1 Å². The van der Waals surface area contributed by atoms with E-state index in [2.05, 4.69) is 19.6 Å². The molecule has 72 valence electrons. The van der Waals surface area contributed by atoms with Crippen LogP contribution < -0.4 is 0 Å². The lowest BCUT2D eigenvalue weighted by molar-refractivity contribution is -0.158. The van der Waals surface area contributed by atoms with Crippen molar-refractivity contribution in [3.8, 4) is 0 Å².